The quantitative estimate of drug-likeness (QED) is 0.733. The van der Waals surface area contributed by atoms with Gasteiger partial charge in [-0.05, 0) is 38.3 Å². The summed E-state index contributed by atoms with van der Waals surface area (Å²) in [6, 6.07) is 7.13. The summed E-state index contributed by atoms with van der Waals surface area (Å²) in [5.74, 6) is -1.08. The summed E-state index contributed by atoms with van der Waals surface area (Å²) in [6.07, 6.45) is 1.03. The molecule has 0 aromatic heterocycles. The predicted octanol–water partition coefficient (Wildman–Crippen LogP) is 3.48. The molecular formula is C20H27NO4. The molecule has 136 valence electrons. The minimum absolute atomic E-state index is 0.130. The maximum Gasteiger partial charge on any atom is 0.290 e. The van der Waals surface area contributed by atoms with Gasteiger partial charge in [0.15, 0.2) is 11.5 Å². The fourth-order valence-corrected chi connectivity index (χ4v) is 3.13. The predicted molar refractivity (Wildman–Crippen MR) is 96.3 cm³/mol. The maximum atomic E-state index is 12.6. The van der Waals surface area contributed by atoms with Gasteiger partial charge in [-0.1, -0.05) is 31.2 Å². The highest BCUT2D eigenvalue weighted by Crippen LogP contribution is 2.39. The average Bonchev–Trinajstić information content (AvgIpc) is 2.83. The van der Waals surface area contributed by atoms with Gasteiger partial charge in [0, 0.05) is 19.6 Å². The van der Waals surface area contributed by atoms with Crippen molar-refractivity contribution in [3.05, 3.63) is 46.7 Å². The second-order valence-electron chi connectivity index (χ2n) is 6.57. The highest BCUT2D eigenvalue weighted by Gasteiger charge is 2.42. The van der Waals surface area contributed by atoms with Gasteiger partial charge in [0.05, 0.1) is 17.7 Å². The second kappa shape index (κ2) is 8.30. The lowest BCUT2D eigenvalue weighted by atomic mass is 9.92. The summed E-state index contributed by atoms with van der Waals surface area (Å²) in [5, 5.41) is 10.3. The Bertz CT molecular complexity index is 678. The largest absolute Gasteiger partial charge is 0.503 e. The molecular weight excluding hydrogens is 318 g/mol. The number of ketones is 1. The number of rotatable bonds is 8. The Morgan fingerprint density at radius 2 is 2.00 bits per heavy atom. The SMILES string of the molecule is CCC(=O)C1=C(O)C(=O)N(CCCOC(C)C)C1c1ccccc1C. The van der Waals surface area contributed by atoms with E-state index >= 15 is 0 Å². The minimum Gasteiger partial charge on any atom is -0.503 e. The third kappa shape index (κ3) is 4.10. The van der Waals surface area contributed by atoms with Crippen molar-refractivity contribution in [1.82, 2.24) is 4.90 Å². The van der Waals surface area contributed by atoms with E-state index in [0.717, 1.165) is 11.1 Å². The van der Waals surface area contributed by atoms with Gasteiger partial charge in [-0.15, -0.1) is 0 Å². The van der Waals surface area contributed by atoms with Crippen LogP contribution < -0.4 is 0 Å². The fourth-order valence-electron chi connectivity index (χ4n) is 3.13. The molecule has 0 fully saturated rings. The third-order valence-electron chi connectivity index (χ3n) is 4.40. The standard InChI is InChI=1S/C20H27NO4/c1-5-16(22)17-18(15-10-7-6-9-14(15)4)21(20(24)19(17)23)11-8-12-25-13(2)3/h6-7,9-10,13,18,23H,5,8,11-12H2,1-4H3. The van der Waals surface area contributed by atoms with E-state index in [2.05, 4.69) is 0 Å². The number of aliphatic hydroxyl groups excluding tert-OH is 1. The Balaban J connectivity index is 2.33. The molecule has 0 saturated heterocycles. The summed E-state index contributed by atoms with van der Waals surface area (Å²) >= 11 is 0. The number of ether oxygens (including phenoxy) is 1. The van der Waals surface area contributed by atoms with Crippen LogP contribution in [0.2, 0.25) is 0 Å². The molecule has 1 aromatic carbocycles. The zero-order valence-corrected chi connectivity index (χ0v) is 15.4. The van der Waals surface area contributed by atoms with Gasteiger partial charge in [0.2, 0.25) is 0 Å². The van der Waals surface area contributed by atoms with Crippen molar-refractivity contribution in [3.63, 3.8) is 0 Å². The summed E-state index contributed by atoms with van der Waals surface area (Å²) in [5.41, 5.74) is 2.08. The Morgan fingerprint density at radius 3 is 2.60 bits per heavy atom. The summed E-state index contributed by atoms with van der Waals surface area (Å²) in [4.78, 5) is 26.6. The Hall–Kier alpha value is -2.14. The van der Waals surface area contributed by atoms with E-state index in [1.54, 1.807) is 11.8 Å². The third-order valence-corrected chi connectivity index (χ3v) is 4.40. The molecule has 1 aromatic rings. The van der Waals surface area contributed by atoms with Gasteiger partial charge in [0.1, 0.15) is 0 Å². The van der Waals surface area contributed by atoms with Crippen LogP contribution in [0.5, 0.6) is 0 Å². The van der Waals surface area contributed by atoms with Crippen LogP contribution in [0, 0.1) is 6.92 Å². The van der Waals surface area contributed by atoms with Crippen LogP contribution in [0.3, 0.4) is 0 Å². The topological polar surface area (TPSA) is 66.8 Å². The first-order valence-electron chi connectivity index (χ1n) is 8.82. The van der Waals surface area contributed by atoms with Crippen molar-refractivity contribution >= 4 is 11.7 Å². The van der Waals surface area contributed by atoms with Gasteiger partial charge in [-0.3, -0.25) is 9.59 Å². The first kappa shape index (κ1) is 19.2. The lowest BCUT2D eigenvalue weighted by Gasteiger charge is -2.28. The van der Waals surface area contributed by atoms with Gasteiger partial charge in [-0.2, -0.15) is 0 Å². The molecule has 0 saturated carbocycles. The van der Waals surface area contributed by atoms with Gasteiger partial charge < -0.3 is 14.7 Å². The first-order valence-corrected chi connectivity index (χ1v) is 8.82. The van der Waals surface area contributed by atoms with Crippen LogP contribution in [-0.4, -0.2) is 41.0 Å². The van der Waals surface area contributed by atoms with Gasteiger partial charge in [0.25, 0.3) is 5.91 Å². The number of benzene rings is 1. The molecule has 5 nitrogen and oxygen atoms in total. The average molecular weight is 345 g/mol. The first-order chi connectivity index (χ1) is 11.9. The van der Waals surface area contributed by atoms with E-state index in [9.17, 15) is 14.7 Å². The Morgan fingerprint density at radius 1 is 1.32 bits per heavy atom. The molecule has 1 unspecified atom stereocenters. The summed E-state index contributed by atoms with van der Waals surface area (Å²) in [6.45, 7) is 8.56. The maximum absolute atomic E-state index is 12.6. The monoisotopic (exact) mass is 345 g/mol. The molecule has 0 bridgehead atoms. The molecule has 5 heteroatoms. The Kier molecular flexibility index (Phi) is 6.37. The van der Waals surface area contributed by atoms with Crippen molar-refractivity contribution in [2.24, 2.45) is 0 Å². The van der Waals surface area contributed by atoms with Gasteiger partial charge >= 0.3 is 0 Å². The highest BCUT2D eigenvalue weighted by atomic mass is 16.5. The molecule has 0 aliphatic carbocycles. The normalized spacial score (nSPS) is 17.7. The number of aliphatic hydroxyl groups is 1. The van der Waals surface area contributed by atoms with Crippen molar-refractivity contribution in [3.8, 4) is 0 Å². The van der Waals surface area contributed by atoms with E-state index in [1.807, 2.05) is 45.0 Å². The van der Waals surface area contributed by atoms with E-state index in [-0.39, 0.29) is 23.9 Å². The zero-order valence-electron chi connectivity index (χ0n) is 15.4. The summed E-state index contributed by atoms with van der Waals surface area (Å²) < 4.78 is 5.54. The molecule has 1 atom stereocenters. The number of amides is 1. The number of nitrogens with zero attached hydrogens (tertiary/aromatic N) is 1. The van der Waals surface area contributed by atoms with Crippen LogP contribution >= 0.6 is 0 Å². The van der Waals surface area contributed by atoms with E-state index in [0.29, 0.717) is 19.6 Å². The van der Waals surface area contributed by atoms with Crippen molar-refractivity contribution in [2.75, 3.05) is 13.2 Å². The molecule has 1 aliphatic rings. The summed E-state index contributed by atoms with van der Waals surface area (Å²) in [7, 11) is 0. The van der Waals surface area contributed by atoms with Crippen LogP contribution in [-0.2, 0) is 14.3 Å². The molecule has 0 radical (unpaired) electrons. The molecule has 2 rings (SSSR count). The lowest BCUT2D eigenvalue weighted by molar-refractivity contribution is -0.129. The molecule has 1 amide bonds. The molecule has 0 spiro atoms. The van der Waals surface area contributed by atoms with E-state index in [4.69, 9.17) is 4.74 Å². The number of carbonyl (C=O) groups is 2. The Labute approximate surface area is 149 Å². The van der Waals surface area contributed by atoms with E-state index < -0.39 is 17.7 Å². The van der Waals surface area contributed by atoms with Gasteiger partial charge in [-0.25, -0.2) is 0 Å². The molecule has 25 heavy (non-hydrogen) atoms. The number of hydrogen-bond acceptors (Lipinski definition) is 4. The minimum atomic E-state index is -0.528. The van der Waals surface area contributed by atoms with Crippen molar-refractivity contribution < 1.29 is 19.4 Å². The molecule has 1 N–H and O–H groups in total. The highest BCUT2D eigenvalue weighted by molar-refractivity contribution is 6.08. The number of carbonyl (C=O) groups excluding carboxylic acids is 2. The lowest BCUT2D eigenvalue weighted by Crippen LogP contribution is -2.33. The molecule has 1 heterocycles. The number of aryl methyl sites for hydroxylation is 1. The number of Topliss-reactive ketones (excluding diaryl/α,β-unsaturated/α-hetero) is 1. The van der Waals surface area contributed by atoms with Crippen molar-refractivity contribution in [1.29, 1.82) is 0 Å². The van der Waals surface area contributed by atoms with Crippen molar-refractivity contribution in [2.45, 2.75) is 52.7 Å². The van der Waals surface area contributed by atoms with Crippen LogP contribution in [0.25, 0.3) is 0 Å². The smallest absolute Gasteiger partial charge is 0.290 e. The van der Waals surface area contributed by atoms with Crippen LogP contribution in [0.4, 0.5) is 0 Å². The fraction of sp³-hybridized carbons (Fsp3) is 0.500. The van der Waals surface area contributed by atoms with Crippen LogP contribution in [0.15, 0.2) is 35.6 Å². The zero-order chi connectivity index (χ0) is 18.6. The molecule has 1 aliphatic heterocycles. The van der Waals surface area contributed by atoms with Crippen LogP contribution in [0.1, 0.15) is 50.8 Å². The number of hydrogen-bond donors (Lipinski definition) is 1. The van der Waals surface area contributed by atoms with E-state index in [1.165, 1.54) is 0 Å². The second-order valence-corrected chi connectivity index (χ2v) is 6.57.